The van der Waals surface area contributed by atoms with Crippen LogP contribution in [0.25, 0.3) is 0 Å². The molecule has 0 aliphatic carbocycles. The van der Waals surface area contributed by atoms with Gasteiger partial charge < -0.3 is 30.3 Å². The van der Waals surface area contributed by atoms with Gasteiger partial charge >= 0.3 is 5.97 Å². The lowest BCUT2D eigenvalue weighted by atomic mass is 9.98. The van der Waals surface area contributed by atoms with Gasteiger partial charge in [0, 0.05) is 0 Å². The molecule has 0 spiro atoms. The topological polar surface area (TPSA) is 135 Å². The number of ether oxygens (including phenoxy) is 1. The molecule has 2 rings (SSSR count). The first-order valence-corrected chi connectivity index (χ1v) is 3.92. The highest BCUT2D eigenvalue weighted by atomic mass is 17.4. The molecule has 0 aromatic rings. The molecule has 8 nitrogen and oxygen atoms in total. The van der Waals surface area contributed by atoms with Crippen LogP contribution in [0.4, 0.5) is 0 Å². The van der Waals surface area contributed by atoms with Crippen molar-refractivity contribution in [2.45, 2.75) is 36.7 Å². The quantitative estimate of drug-likeness (QED) is 0.221. The van der Waals surface area contributed by atoms with Gasteiger partial charge in [-0.05, 0) is 0 Å². The molecule has 0 aromatic carbocycles. The van der Waals surface area contributed by atoms with E-state index >= 15 is 0 Å². The molecular formula is C6H10O8. The highest BCUT2D eigenvalue weighted by Gasteiger charge is 2.63. The third-order valence-electron chi connectivity index (χ3n) is 2.20. The lowest BCUT2D eigenvalue weighted by Gasteiger charge is -2.37. The van der Waals surface area contributed by atoms with Crippen LogP contribution in [0, 0.1) is 0 Å². The minimum absolute atomic E-state index is 1.48. The van der Waals surface area contributed by atoms with Crippen LogP contribution in [-0.2, 0) is 14.5 Å². The first-order chi connectivity index (χ1) is 6.46. The summed E-state index contributed by atoms with van der Waals surface area (Å²) in [6, 6.07) is 0. The van der Waals surface area contributed by atoms with Gasteiger partial charge in [-0.3, -0.25) is 0 Å². The largest absolute Gasteiger partial charge is 0.387 e. The van der Waals surface area contributed by atoms with Crippen LogP contribution in [0.5, 0.6) is 0 Å². The summed E-state index contributed by atoms with van der Waals surface area (Å²) in [6.45, 7) is 0. The fourth-order valence-corrected chi connectivity index (χ4v) is 1.30. The van der Waals surface area contributed by atoms with E-state index in [2.05, 4.69) is 14.5 Å². The van der Waals surface area contributed by atoms with Crippen molar-refractivity contribution in [3.63, 3.8) is 0 Å². The number of rotatable bonds is 1. The Morgan fingerprint density at radius 1 is 0.857 bits per heavy atom. The SMILES string of the molecule is O[C@@H]1[C@@H](O)[C@H](O)O[C@H](C2(O)OO2)[C@H]1O. The first-order valence-electron chi connectivity index (χ1n) is 3.92. The zero-order valence-electron chi connectivity index (χ0n) is 6.85. The third kappa shape index (κ3) is 1.42. The Bertz CT molecular complexity index is 228. The zero-order chi connectivity index (χ0) is 10.5. The van der Waals surface area contributed by atoms with Crippen LogP contribution in [0.1, 0.15) is 0 Å². The van der Waals surface area contributed by atoms with Crippen LogP contribution in [-0.4, -0.2) is 62.2 Å². The summed E-state index contributed by atoms with van der Waals surface area (Å²) in [4.78, 5) is 8.21. The average molecular weight is 210 g/mol. The number of hydrogen-bond acceptors (Lipinski definition) is 8. The molecule has 2 fully saturated rings. The molecule has 0 amide bonds. The van der Waals surface area contributed by atoms with E-state index in [0.29, 0.717) is 0 Å². The zero-order valence-corrected chi connectivity index (χ0v) is 6.85. The second-order valence-corrected chi connectivity index (χ2v) is 3.22. The van der Waals surface area contributed by atoms with Crippen LogP contribution >= 0.6 is 0 Å². The monoisotopic (exact) mass is 210 g/mol. The smallest absolute Gasteiger partial charge is 0.366 e. The van der Waals surface area contributed by atoms with Gasteiger partial charge in [0.05, 0.1) is 0 Å². The molecule has 2 saturated heterocycles. The van der Waals surface area contributed by atoms with E-state index in [-0.39, 0.29) is 0 Å². The van der Waals surface area contributed by atoms with E-state index < -0.39 is 36.7 Å². The second-order valence-electron chi connectivity index (χ2n) is 3.22. The second kappa shape index (κ2) is 3.08. The lowest BCUT2D eigenvalue weighted by molar-refractivity contribution is -0.314. The van der Waals surface area contributed by atoms with Gasteiger partial charge in [-0.2, -0.15) is 9.78 Å². The van der Waals surface area contributed by atoms with Gasteiger partial charge in [-0.25, -0.2) is 0 Å². The lowest BCUT2D eigenvalue weighted by Crippen LogP contribution is -2.61. The molecule has 0 unspecified atom stereocenters. The molecule has 5 N–H and O–H groups in total. The minimum Gasteiger partial charge on any atom is -0.387 e. The van der Waals surface area contributed by atoms with Crippen molar-refractivity contribution in [3.8, 4) is 0 Å². The summed E-state index contributed by atoms with van der Waals surface area (Å²) < 4.78 is 4.60. The van der Waals surface area contributed by atoms with Crippen molar-refractivity contribution >= 4 is 0 Å². The minimum atomic E-state index is -2.17. The Labute approximate surface area is 77.8 Å². The van der Waals surface area contributed by atoms with Crippen LogP contribution < -0.4 is 0 Å². The fraction of sp³-hybridized carbons (Fsp3) is 1.00. The Morgan fingerprint density at radius 2 is 1.43 bits per heavy atom. The van der Waals surface area contributed by atoms with E-state index in [4.69, 9.17) is 10.2 Å². The molecule has 0 saturated carbocycles. The molecule has 14 heavy (non-hydrogen) atoms. The highest BCUT2D eigenvalue weighted by Crippen LogP contribution is 2.37. The van der Waals surface area contributed by atoms with Crippen molar-refractivity contribution in [1.29, 1.82) is 0 Å². The maximum absolute atomic E-state index is 9.34. The number of aliphatic hydroxyl groups is 5. The molecule has 2 aliphatic heterocycles. The summed E-state index contributed by atoms with van der Waals surface area (Å²) in [5.74, 6) is -2.17. The highest BCUT2D eigenvalue weighted by molar-refractivity contribution is 4.93. The van der Waals surface area contributed by atoms with Crippen LogP contribution in [0.3, 0.4) is 0 Å². The summed E-state index contributed by atoms with van der Waals surface area (Å²) in [5, 5.41) is 45.9. The van der Waals surface area contributed by atoms with Crippen molar-refractivity contribution < 1.29 is 40.0 Å². The first kappa shape index (κ1) is 10.2. The predicted molar refractivity (Wildman–Crippen MR) is 36.0 cm³/mol. The van der Waals surface area contributed by atoms with Gasteiger partial charge in [0.2, 0.25) is 0 Å². The van der Waals surface area contributed by atoms with E-state index in [0.717, 1.165) is 0 Å². The van der Waals surface area contributed by atoms with Gasteiger partial charge in [0.15, 0.2) is 12.4 Å². The van der Waals surface area contributed by atoms with Gasteiger partial charge in [-0.1, -0.05) is 0 Å². The van der Waals surface area contributed by atoms with Gasteiger partial charge in [0.1, 0.15) is 18.3 Å². The molecule has 0 radical (unpaired) electrons. The molecule has 82 valence electrons. The molecule has 8 heteroatoms. The maximum Gasteiger partial charge on any atom is 0.366 e. The van der Waals surface area contributed by atoms with Gasteiger partial charge in [-0.15, -0.1) is 0 Å². The molecule has 5 atom stereocenters. The van der Waals surface area contributed by atoms with Crippen molar-refractivity contribution in [3.05, 3.63) is 0 Å². The fourth-order valence-electron chi connectivity index (χ4n) is 1.30. The maximum atomic E-state index is 9.34. The van der Waals surface area contributed by atoms with E-state index in [9.17, 15) is 15.3 Å². The Hall–Kier alpha value is -0.320. The number of hydrogen-bond donors (Lipinski definition) is 5. The Morgan fingerprint density at radius 3 is 1.93 bits per heavy atom. The predicted octanol–water partition coefficient (Wildman–Crippen LogP) is -3.61. The van der Waals surface area contributed by atoms with Gasteiger partial charge in [0.25, 0.3) is 0 Å². The standard InChI is InChI=1S/C6H10O8/c7-1-2(8)4(6(11)13-14-6)12-5(10)3(1)9/h1-5,7-11H/t1-,2-,3+,4-,5+/m0/s1. The molecule has 2 heterocycles. The molecule has 0 bridgehead atoms. The Kier molecular flexibility index (Phi) is 2.25. The molecule has 0 aromatic heterocycles. The van der Waals surface area contributed by atoms with Crippen LogP contribution in [0.15, 0.2) is 0 Å². The Balaban J connectivity index is 2.12. The summed E-state index contributed by atoms with van der Waals surface area (Å²) in [7, 11) is 0. The van der Waals surface area contributed by atoms with Crippen molar-refractivity contribution in [1.82, 2.24) is 0 Å². The van der Waals surface area contributed by atoms with Crippen molar-refractivity contribution in [2.24, 2.45) is 0 Å². The van der Waals surface area contributed by atoms with E-state index in [1.165, 1.54) is 0 Å². The molecule has 2 aliphatic rings. The normalized spacial score (nSPS) is 51.6. The van der Waals surface area contributed by atoms with Crippen LogP contribution in [0.2, 0.25) is 0 Å². The van der Waals surface area contributed by atoms with Crippen molar-refractivity contribution in [2.75, 3.05) is 0 Å². The summed E-state index contributed by atoms with van der Waals surface area (Å²) >= 11 is 0. The third-order valence-corrected chi connectivity index (χ3v) is 2.20. The summed E-state index contributed by atoms with van der Waals surface area (Å²) in [6.07, 6.45) is -8.13. The summed E-state index contributed by atoms with van der Waals surface area (Å²) in [5.41, 5.74) is 0. The number of aliphatic hydroxyl groups excluding tert-OH is 4. The van der Waals surface area contributed by atoms with E-state index in [1.807, 2.05) is 0 Å². The average Bonchev–Trinajstić information content (AvgIpc) is 2.87. The van der Waals surface area contributed by atoms with E-state index in [1.54, 1.807) is 0 Å². The molecular weight excluding hydrogens is 200 g/mol.